The smallest absolute Gasteiger partial charge is 0.347 e. The monoisotopic (exact) mass is 327 g/mol. The predicted molar refractivity (Wildman–Crippen MR) is 75.5 cm³/mol. The van der Waals surface area contributed by atoms with E-state index in [1.165, 1.54) is 7.05 Å². The molecule has 0 saturated carbocycles. The molecule has 2 heterocycles. The van der Waals surface area contributed by atoms with Gasteiger partial charge in [0.15, 0.2) is 11.2 Å². The molecule has 0 atom stereocenters. The van der Waals surface area contributed by atoms with Gasteiger partial charge in [0, 0.05) is 19.5 Å². The molecule has 0 amide bonds. The largest absolute Gasteiger partial charge is 0.506 e. The molecule has 2 aromatic rings. The zero-order chi connectivity index (χ0) is 16.7. The van der Waals surface area contributed by atoms with E-state index in [1.807, 2.05) is 0 Å². The highest BCUT2D eigenvalue weighted by Gasteiger charge is 2.24. The van der Waals surface area contributed by atoms with Gasteiger partial charge in [0.1, 0.15) is 5.75 Å². The van der Waals surface area contributed by atoms with E-state index in [0.29, 0.717) is 0 Å². The van der Waals surface area contributed by atoms with Crippen molar-refractivity contribution in [1.82, 2.24) is 14.5 Å². The zero-order valence-corrected chi connectivity index (χ0v) is 12.8. The van der Waals surface area contributed by atoms with Gasteiger partial charge in [0.05, 0.1) is 12.0 Å². The van der Waals surface area contributed by atoms with Crippen LogP contribution in [0.25, 0.3) is 11.0 Å². The first-order valence-corrected chi connectivity index (χ1v) is 8.03. The highest BCUT2D eigenvalue weighted by atomic mass is 32.2. The predicted octanol–water partition coefficient (Wildman–Crippen LogP) is -0.386. The number of hydrogen-bond acceptors (Lipinski definition) is 8. The molecule has 1 N–H and O–H groups in total. The molecule has 0 aliphatic rings. The molecule has 0 spiro atoms. The van der Waals surface area contributed by atoms with Crippen LogP contribution in [-0.2, 0) is 21.6 Å². The number of pyridine rings is 1. The topological polar surface area (TPSA) is 128 Å². The summed E-state index contributed by atoms with van der Waals surface area (Å²) in [6, 6.07) is 0. The number of aromatic hydroxyl groups is 1. The number of sulfone groups is 1. The number of carbonyl (C=O) groups is 1. The van der Waals surface area contributed by atoms with E-state index in [-0.39, 0.29) is 17.6 Å². The summed E-state index contributed by atoms with van der Waals surface area (Å²) in [6.07, 6.45) is 1.95. The standard InChI is InChI=1S/C12H13N3O6S/c1-4-21-11(18)7-8(16)6-5-13-12(22(3,19)20)14-9(6)15(2)10(7)17/h5,16H,4H2,1-3H3. The van der Waals surface area contributed by atoms with Crippen molar-refractivity contribution in [3.8, 4) is 5.75 Å². The van der Waals surface area contributed by atoms with Gasteiger partial charge in [-0.15, -0.1) is 0 Å². The number of fused-ring (bicyclic) bond motifs is 1. The van der Waals surface area contributed by atoms with Crippen LogP contribution in [0.5, 0.6) is 5.75 Å². The van der Waals surface area contributed by atoms with E-state index in [9.17, 15) is 23.1 Å². The Morgan fingerprint density at radius 1 is 1.45 bits per heavy atom. The lowest BCUT2D eigenvalue weighted by atomic mass is 10.2. The third-order valence-electron chi connectivity index (χ3n) is 2.89. The fraction of sp³-hybridized carbons (Fsp3) is 0.333. The van der Waals surface area contributed by atoms with Crippen LogP contribution < -0.4 is 5.56 Å². The number of nitrogens with zero attached hydrogens (tertiary/aromatic N) is 3. The Hall–Kier alpha value is -2.49. The Morgan fingerprint density at radius 3 is 2.64 bits per heavy atom. The number of aryl methyl sites for hydroxylation is 1. The minimum absolute atomic E-state index is 0.0300. The number of esters is 1. The molecule has 0 unspecified atom stereocenters. The van der Waals surface area contributed by atoms with Crippen LogP contribution in [0.4, 0.5) is 0 Å². The molecule has 22 heavy (non-hydrogen) atoms. The lowest BCUT2D eigenvalue weighted by Crippen LogP contribution is -2.27. The molecule has 0 aliphatic heterocycles. The molecule has 0 fully saturated rings. The first-order chi connectivity index (χ1) is 10.2. The van der Waals surface area contributed by atoms with Gasteiger partial charge < -0.3 is 9.84 Å². The Labute approximate surface area is 125 Å². The van der Waals surface area contributed by atoms with E-state index in [4.69, 9.17) is 4.74 Å². The maximum atomic E-state index is 12.2. The second-order valence-electron chi connectivity index (χ2n) is 4.47. The number of carbonyl (C=O) groups excluding carboxylic acids is 1. The summed E-state index contributed by atoms with van der Waals surface area (Å²) in [7, 11) is -2.39. The Balaban J connectivity index is 2.87. The van der Waals surface area contributed by atoms with Crippen molar-refractivity contribution >= 4 is 26.8 Å². The summed E-state index contributed by atoms with van der Waals surface area (Å²) in [4.78, 5) is 31.3. The Bertz CT molecular complexity index is 932. The maximum Gasteiger partial charge on any atom is 0.347 e. The van der Waals surface area contributed by atoms with Gasteiger partial charge in [-0.3, -0.25) is 9.36 Å². The van der Waals surface area contributed by atoms with Crippen LogP contribution >= 0.6 is 0 Å². The van der Waals surface area contributed by atoms with Gasteiger partial charge in [-0.05, 0) is 6.92 Å². The molecular formula is C12H13N3O6S. The molecule has 10 heteroatoms. The normalized spacial score (nSPS) is 11.6. The van der Waals surface area contributed by atoms with Crippen molar-refractivity contribution in [2.75, 3.05) is 12.9 Å². The molecule has 0 aromatic carbocycles. The lowest BCUT2D eigenvalue weighted by Gasteiger charge is -2.10. The van der Waals surface area contributed by atoms with E-state index in [2.05, 4.69) is 9.97 Å². The highest BCUT2D eigenvalue weighted by molar-refractivity contribution is 7.90. The van der Waals surface area contributed by atoms with E-state index >= 15 is 0 Å². The second kappa shape index (κ2) is 5.37. The molecule has 2 aromatic heterocycles. The summed E-state index contributed by atoms with van der Waals surface area (Å²) in [6.45, 7) is 1.59. The third kappa shape index (κ3) is 2.52. The SMILES string of the molecule is CCOC(=O)c1c(O)c2cnc(S(C)(=O)=O)nc2n(C)c1=O. The fourth-order valence-corrected chi connectivity index (χ4v) is 2.34. The van der Waals surface area contributed by atoms with Crippen molar-refractivity contribution in [2.24, 2.45) is 7.05 Å². The van der Waals surface area contributed by atoms with Gasteiger partial charge >= 0.3 is 5.97 Å². The van der Waals surface area contributed by atoms with E-state index < -0.39 is 37.8 Å². The van der Waals surface area contributed by atoms with E-state index in [1.54, 1.807) is 6.92 Å². The second-order valence-corrected chi connectivity index (χ2v) is 6.38. The number of ether oxygens (including phenoxy) is 1. The zero-order valence-electron chi connectivity index (χ0n) is 12.0. The van der Waals surface area contributed by atoms with Crippen LogP contribution in [0.2, 0.25) is 0 Å². The van der Waals surface area contributed by atoms with Gasteiger partial charge in [-0.25, -0.2) is 18.2 Å². The maximum absolute atomic E-state index is 12.2. The van der Waals surface area contributed by atoms with Crippen LogP contribution in [0.15, 0.2) is 16.1 Å². The van der Waals surface area contributed by atoms with Crippen LogP contribution in [0.1, 0.15) is 17.3 Å². The summed E-state index contributed by atoms with van der Waals surface area (Å²) in [5, 5.41) is 9.58. The molecule has 118 valence electrons. The molecular weight excluding hydrogens is 314 g/mol. The van der Waals surface area contributed by atoms with Gasteiger partial charge in [-0.1, -0.05) is 0 Å². The number of hydrogen-bond donors (Lipinski definition) is 1. The first-order valence-electron chi connectivity index (χ1n) is 6.14. The van der Waals surface area contributed by atoms with Crippen molar-refractivity contribution in [3.63, 3.8) is 0 Å². The summed E-state index contributed by atoms with van der Waals surface area (Å²) in [5.41, 5.74) is -1.50. The fourth-order valence-electron chi connectivity index (χ4n) is 1.85. The Morgan fingerprint density at radius 2 is 2.09 bits per heavy atom. The van der Waals surface area contributed by atoms with Crippen LogP contribution in [0, 0.1) is 0 Å². The molecule has 9 nitrogen and oxygen atoms in total. The molecule has 0 aliphatic carbocycles. The summed E-state index contributed by atoms with van der Waals surface area (Å²) >= 11 is 0. The molecule has 0 bridgehead atoms. The van der Waals surface area contributed by atoms with Crippen molar-refractivity contribution in [2.45, 2.75) is 12.1 Å². The summed E-state index contributed by atoms with van der Waals surface area (Å²) in [5.74, 6) is -1.62. The van der Waals surface area contributed by atoms with Crippen LogP contribution in [0.3, 0.4) is 0 Å². The molecule has 0 radical (unpaired) electrons. The summed E-state index contributed by atoms with van der Waals surface area (Å²) < 4.78 is 28.6. The average molecular weight is 327 g/mol. The van der Waals surface area contributed by atoms with Crippen molar-refractivity contribution in [1.29, 1.82) is 0 Å². The number of rotatable bonds is 3. The van der Waals surface area contributed by atoms with E-state index in [0.717, 1.165) is 17.0 Å². The first kappa shape index (κ1) is 15.9. The number of aromatic nitrogens is 3. The van der Waals surface area contributed by atoms with Crippen molar-refractivity contribution in [3.05, 3.63) is 22.1 Å². The van der Waals surface area contributed by atoms with Gasteiger partial charge in [0.2, 0.25) is 15.0 Å². The lowest BCUT2D eigenvalue weighted by molar-refractivity contribution is 0.0520. The third-order valence-corrected chi connectivity index (χ3v) is 3.75. The minimum Gasteiger partial charge on any atom is -0.506 e. The van der Waals surface area contributed by atoms with Crippen LogP contribution in [-0.4, -0.2) is 46.9 Å². The molecule has 0 saturated heterocycles. The average Bonchev–Trinajstić information content (AvgIpc) is 2.44. The molecule has 2 rings (SSSR count). The highest BCUT2D eigenvalue weighted by Crippen LogP contribution is 2.25. The minimum atomic E-state index is -3.68. The Kier molecular flexibility index (Phi) is 3.88. The quantitative estimate of drug-likeness (QED) is 0.596. The van der Waals surface area contributed by atoms with Gasteiger partial charge in [-0.2, -0.15) is 4.98 Å². The van der Waals surface area contributed by atoms with Gasteiger partial charge in [0.25, 0.3) is 5.56 Å². The van der Waals surface area contributed by atoms with Crippen molar-refractivity contribution < 1.29 is 23.1 Å².